The van der Waals surface area contributed by atoms with Crippen molar-refractivity contribution in [3.8, 4) is 0 Å². The summed E-state index contributed by atoms with van der Waals surface area (Å²) < 4.78 is 13.8. The van der Waals surface area contributed by atoms with E-state index in [1.807, 2.05) is 22.8 Å². The summed E-state index contributed by atoms with van der Waals surface area (Å²) in [6, 6.07) is 6.31. The Hall–Kier alpha value is -1.23. The molecule has 2 heterocycles. The van der Waals surface area contributed by atoms with Gasteiger partial charge in [0.1, 0.15) is 25.3 Å². The Morgan fingerprint density at radius 3 is 2.08 bits per heavy atom. The summed E-state index contributed by atoms with van der Waals surface area (Å²) in [6.07, 6.45) is 3.51. The predicted octanol–water partition coefficient (Wildman–Crippen LogP) is 4.16. The SMILES string of the molecule is C[Si](C)(C)CCOCN(COCC[Si](C)(C)C)c1ncnn2cccc12. The van der Waals surface area contributed by atoms with Crippen molar-refractivity contribution in [3.63, 3.8) is 0 Å². The Kier molecular flexibility index (Phi) is 7.39. The largest absolute Gasteiger partial charge is 0.361 e. The van der Waals surface area contributed by atoms with Gasteiger partial charge in [0, 0.05) is 35.6 Å². The lowest BCUT2D eigenvalue weighted by Crippen LogP contribution is -2.32. The number of fused-ring (bicyclic) bond motifs is 1. The Labute approximate surface area is 159 Å². The molecular weight excluding hydrogens is 360 g/mol. The zero-order valence-corrected chi connectivity index (χ0v) is 19.2. The molecule has 0 N–H and O–H groups in total. The minimum atomic E-state index is -1.09. The fourth-order valence-electron chi connectivity index (χ4n) is 2.36. The van der Waals surface area contributed by atoms with Crippen LogP contribution in [0.4, 0.5) is 5.82 Å². The van der Waals surface area contributed by atoms with Crippen LogP contribution in [-0.4, -0.2) is 57.4 Å². The van der Waals surface area contributed by atoms with E-state index in [2.05, 4.69) is 54.3 Å². The Balaban J connectivity index is 2.00. The molecule has 8 heteroatoms. The van der Waals surface area contributed by atoms with Crippen LogP contribution in [0.3, 0.4) is 0 Å². The van der Waals surface area contributed by atoms with Gasteiger partial charge >= 0.3 is 0 Å². The smallest absolute Gasteiger partial charge is 0.160 e. The summed E-state index contributed by atoms with van der Waals surface area (Å²) in [6.45, 7) is 16.7. The molecule has 0 fully saturated rings. The van der Waals surface area contributed by atoms with Crippen LogP contribution in [0.25, 0.3) is 5.52 Å². The molecule has 26 heavy (non-hydrogen) atoms. The van der Waals surface area contributed by atoms with Gasteiger partial charge in [-0.25, -0.2) is 9.50 Å². The minimum absolute atomic E-state index is 0.481. The second kappa shape index (κ2) is 9.12. The number of ether oxygens (including phenoxy) is 2. The number of hydrogen-bond donors (Lipinski definition) is 0. The van der Waals surface area contributed by atoms with Crippen LogP contribution in [0, 0.1) is 0 Å². The van der Waals surface area contributed by atoms with Crippen molar-refractivity contribution in [1.29, 1.82) is 0 Å². The molecule has 0 amide bonds. The first-order chi connectivity index (χ1) is 12.2. The van der Waals surface area contributed by atoms with E-state index >= 15 is 0 Å². The van der Waals surface area contributed by atoms with Crippen LogP contribution in [0.1, 0.15) is 0 Å². The third kappa shape index (κ3) is 7.18. The van der Waals surface area contributed by atoms with Crippen molar-refractivity contribution in [1.82, 2.24) is 14.6 Å². The van der Waals surface area contributed by atoms with Crippen LogP contribution in [0.15, 0.2) is 24.7 Å². The summed E-state index contributed by atoms with van der Waals surface area (Å²) in [5, 5.41) is 4.25. The van der Waals surface area contributed by atoms with E-state index in [0.717, 1.165) is 36.6 Å². The first kappa shape index (κ1) is 21.1. The molecule has 2 aromatic rings. The highest BCUT2D eigenvalue weighted by atomic mass is 28.3. The molecule has 0 saturated heterocycles. The van der Waals surface area contributed by atoms with Gasteiger partial charge in [0.2, 0.25) is 0 Å². The average molecular weight is 395 g/mol. The topological polar surface area (TPSA) is 51.9 Å². The van der Waals surface area contributed by atoms with Gasteiger partial charge in [-0.1, -0.05) is 39.3 Å². The summed E-state index contributed by atoms with van der Waals surface area (Å²) >= 11 is 0. The van der Waals surface area contributed by atoms with E-state index in [-0.39, 0.29) is 0 Å². The van der Waals surface area contributed by atoms with Crippen LogP contribution in [-0.2, 0) is 9.47 Å². The number of anilines is 1. The lowest BCUT2D eigenvalue weighted by atomic mass is 10.4. The van der Waals surface area contributed by atoms with Crippen molar-refractivity contribution >= 4 is 27.5 Å². The van der Waals surface area contributed by atoms with E-state index in [1.165, 1.54) is 0 Å². The lowest BCUT2D eigenvalue weighted by Gasteiger charge is -2.25. The maximum absolute atomic E-state index is 5.97. The molecular formula is C18H34N4O2Si2. The van der Waals surface area contributed by atoms with Gasteiger partial charge in [-0.15, -0.1) is 0 Å². The van der Waals surface area contributed by atoms with Crippen molar-refractivity contribution in [3.05, 3.63) is 24.7 Å². The van der Waals surface area contributed by atoms with Gasteiger partial charge in [-0.2, -0.15) is 5.10 Å². The zero-order chi connectivity index (χ0) is 19.2. The number of hydrogen-bond acceptors (Lipinski definition) is 5. The molecule has 146 valence electrons. The third-order valence-corrected chi connectivity index (χ3v) is 7.51. The highest BCUT2D eigenvalue weighted by Gasteiger charge is 2.17. The maximum Gasteiger partial charge on any atom is 0.160 e. The molecule has 0 aliphatic heterocycles. The molecule has 0 atom stereocenters. The predicted molar refractivity (Wildman–Crippen MR) is 113 cm³/mol. The highest BCUT2D eigenvalue weighted by molar-refractivity contribution is 6.76. The second-order valence-corrected chi connectivity index (χ2v) is 20.4. The van der Waals surface area contributed by atoms with Crippen molar-refractivity contribution in [2.24, 2.45) is 0 Å². The molecule has 0 aromatic carbocycles. The normalized spacial score (nSPS) is 12.7. The Morgan fingerprint density at radius 1 is 0.962 bits per heavy atom. The second-order valence-electron chi connectivity index (χ2n) is 9.16. The van der Waals surface area contributed by atoms with E-state index in [1.54, 1.807) is 6.33 Å². The van der Waals surface area contributed by atoms with Gasteiger partial charge in [-0.05, 0) is 24.2 Å². The van der Waals surface area contributed by atoms with Crippen molar-refractivity contribution < 1.29 is 9.47 Å². The quantitative estimate of drug-likeness (QED) is 0.325. The first-order valence-corrected chi connectivity index (χ1v) is 16.8. The van der Waals surface area contributed by atoms with E-state index < -0.39 is 16.1 Å². The lowest BCUT2D eigenvalue weighted by molar-refractivity contribution is 0.0948. The standard InChI is InChI=1S/C18H34N4O2Si2/c1-25(2,3)12-10-23-15-21(16-24-11-13-26(4,5)6)18-17-8-7-9-22(17)20-14-19-18/h7-9,14H,10-13,15-16H2,1-6H3. The Bertz CT molecular complexity index is 658. The van der Waals surface area contributed by atoms with Gasteiger partial charge in [0.15, 0.2) is 5.82 Å². The van der Waals surface area contributed by atoms with Gasteiger partial charge in [-0.3, -0.25) is 0 Å². The molecule has 0 unspecified atom stereocenters. The van der Waals surface area contributed by atoms with Crippen molar-refractivity contribution in [2.45, 2.75) is 51.4 Å². The van der Waals surface area contributed by atoms with E-state index in [4.69, 9.17) is 9.47 Å². The molecule has 6 nitrogen and oxygen atoms in total. The van der Waals surface area contributed by atoms with Crippen LogP contribution in [0.5, 0.6) is 0 Å². The molecule has 2 aromatic heterocycles. The number of rotatable bonds is 11. The van der Waals surface area contributed by atoms with E-state index in [9.17, 15) is 0 Å². The molecule has 0 radical (unpaired) electrons. The minimum Gasteiger partial charge on any atom is -0.361 e. The van der Waals surface area contributed by atoms with Crippen molar-refractivity contribution in [2.75, 3.05) is 31.6 Å². The van der Waals surface area contributed by atoms with Gasteiger partial charge < -0.3 is 14.4 Å². The molecule has 0 aliphatic rings. The molecule has 0 spiro atoms. The van der Waals surface area contributed by atoms with Crippen LogP contribution >= 0.6 is 0 Å². The maximum atomic E-state index is 5.97. The first-order valence-electron chi connectivity index (χ1n) is 9.35. The van der Waals surface area contributed by atoms with Gasteiger partial charge in [0.05, 0.1) is 0 Å². The summed E-state index contributed by atoms with van der Waals surface area (Å²) in [5.41, 5.74) is 0.968. The zero-order valence-electron chi connectivity index (χ0n) is 17.2. The molecule has 0 aliphatic carbocycles. The molecule has 2 rings (SSSR count). The fourth-order valence-corrected chi connectivity index (χ4v) is 3.88. The third-order valence-electron chi connectivity index (χ3n) is 4.10. The number of aromatic nitrogens is 3. The summed E-state index contributed by atoms with van der Waals surface area (Å²) in [4.78, 5) is 6.55. The fraction of sp³-hybridized carbons (Fsp3) is 0.667. The molecule has 0 saturated carbocycles. The molecule has 0 bridgehead atoms. The summed E-state index contributed by atoms with van der Waals surface area (Å²) in [5.74, 6) is 0.853. The van der Waals surface area contributed by atoms with E-state index in [0.29, 0.717) is 13.5 Å². The van der Waals surface area contributed by atoms with Crippen LogP contribution in [0.2, 0.25) is 51.4 Å². The monoisotopic (exact) mass is 394 g/mol. The Morgan fingerprint density at radius 2 is 1.54 bits per heavy atom. The van der Waals surface area contributed by atoms with Crippen LogP contribution < -0.4 is 4.90 Å². The average Bonchev–Trinajstić information content (AvgIpc) is 3.00. The highest BCUT2D eigenvalue weighted by Crippen LogP contribution is 2.19. The number of nitrogens with zero attached hydrogens (tertiary/aromatic N) is 4. The summed E-state index contributed by atoms with van der Waals surface area (Å²) in [7, 11) is -2.19. The van der Waals surface area contributed by atoms with Gasteiger partial charge in [0.25, 0.3) is 0 Å².